The molecule has 0 saturated carbocycles. The van der Waals surface area contributed by atoms with Crippen LogP contribution in [0.4, 0.5) is 10.5 Å². The van der Waals surface area contributed by atoms with Gasteiger partial charge in [-0.15, -0.1) is 0 Å². The maximum absolute atomic E-state index is 12.7. The van der Waals surface area contributed by atoms with Crippen molar-refractivity contribution in [1.82, 2.24) is 10.6 Å². The third kappa shape index (κ3) is 13.4. The summed E-state index contributed by atoms with van der Waals surface area (Å²) in [6.07, 6.45) is -3.06. The van der Waals surface area contributed by atoms with E-state index in [0.29, 0.717) is 17.8 Å². The van der Waals surface area contributed by atoms with Crippen molar-refractivity contribution < 1.29 is 57.1 Å². The predicted octanol–water partition coefficient (Wildman–Crippen LogP) is 3.73. The molecule has 1 fully saturated rings. The second-order valence-corrected chi connectivity index (χ2v) is 12.3. The van der Waals surface area contributed by atoms with Crippen molar-refractivity contribution in [2.24, 2.45) is 5.92 Å². The molecule has 4 rings (SSSR count). The molecular weight excluding hydrogens is 690 g/mol. The van der Waals surface area contributed by atoms with Crippen LogP contribution < -0.4 is 16.0 Å². The lowest BCUT2D eigenvalue weighted by Gasteiger charge is -2.44. The lowest BCUT2D eigenvalue weighted by Crippen LogP contribution is -2.62. The summed E-state index contributed by atoms with van der Waals surface area (Å²) in [5.41, 5.74) is 1.95. The fraction of sp³-hybridized carbons (Fsp3) is 0.447. The van der Waals surface area contributed by atoms with Crippen LogP contribution in [0.25, 0.3) is 10.8 Å². The number of benzene rings is 3. The van der Waals surface area contributed by atoms with E-state index in [1.54, 1.807) is 31.2 Å². The number of carbonyl (C=O) groups is 5. The van der Waals surface area contributed by atoms with Crippen LogP contribution in [0.3, 0.4) is 0 Å². The predicted molar refractivity (Wildman–Crippen MR) is 192 cm³/mol. The Hall–Kier alpha value is -5.09. The number of esters is 2. The Balaban J connectivity index is 1.12. The largest absolute Gasteiger partial charge is 0.463 e. The first-order valence-corrected chi connectivity index (χ1v) is 17.3. The van der Waals surface area contributed by atoms with E-state index in [2.05, 4.69) is 16.0 Å². The first-order valence-electron chi connectivity index (χ1n) is 17.3. The minimum atomic E-state index is -0.914. The Morgan fingerprint density at radius 3 is 2.19 bits per heavy atom. The third-order valence-electron chi connectivity index (χ3n) is 8.15. The van der Waals surface area contributed by atoms with Crippen molar-refractivity contribution in [3.05, 3.63) is 77.9 Å². The normalized spacial score (nSPS) is 19.5. The summed E-state index contributed by atoms with van der Waals surface area (Å²) >= 11 is 0. The first-order chi connectivity index (χ1) is 25.5. The van der Waals surface area contributed by atoms with Gasteiger partial charge in [0.25, 0.3) is 5.91 Å². The van der Waals surface area contributed by atoms with Gasteiger partial charge in [-0.2, -0.15) is 0 Å². The fourth-order valence-electron chi connectivity index (χ4n) is 5.64. The minimum absolute atomic E-state index is 0.118. The highest BCUT2D eigenvalue weighted by Crippen LogP contribution is 2.30. The van der Waals surface area contributed by atoms with E-state index in [-0.39, 0.29) is 58.1 Å². The lowest BCUT2D eigenvalue weighted by molar-refractivity contribution is -0.264. The number of rotatable bonds is 18. The molecule has 1 aliphatic rings. The smallest absolute Gasteiger partial charge is 0.411 e. The number of hydrogen-bond donors (Lipinski definition) is 3. The minimum Gasteiger partial charge on any atom is -0.463 e. The van der Waals surface area contributed by atoms with E-state index in [0.717, 1.165) is 16.3 Å². The fourth-order valence-corrected chi connectivity index (χ4v) is 5.64. The van der Waals surface area contributed by atoms with Crippen LogP contribution in [0.15, 0.2) is 66.7 Å². The van der Waals surface area contributed by atoms with Crippen LogP contribution in [0.2, 0.25) is 0 Å². The van der Waals surface area contributed by atoms with Crippen LogP contribution in [0.1, 0.15) is 43.6 Å². The van der Waals surface area contributed by atoms with Crippen LogP contribution in [-0.2, 0) is 54.1 Å². The monoisotopic (exact) mass is 737 g/mol. The van der Waals surface area contributed by atoms with Gasteiger partial charge in [-0.1, -0.05) is 49.4 Å². The maximum atomic E-state index is 12.7. The Kier molecular flexibility index (Phi) is 16.0. The van der Waals surface area contributed by atoms with Crippen molar-refractivity contribution >= 4 is 46.3 Å². The van der Waals surface area contributed by atoms with E-state index in [9.17, 15) is 24.0 Å². The molecular formula is C38H47N3O12. The van der Waals surface area contributed by atoms with Gasteiger partial charge >= 0.3 is 18.0 Å². The Labute approximate surface area is 307 Å². The number of carbonyl (C=O) groups excluding carboxylic acids is 5. The molecule has 5 atom stereocenters. The topological polar surface area (TPSA) is 186 Å². The first kappa shape index (κ1) is 40.7. The highest BCUT2D eigenvalue weighted by Gasteiger charge is 2.47. The summed E-state index contributed by atoms with van der Waals surface area (Å²) in [6, 6.07) is 19.4. The summed E-state index contributed by atoms with van der Waals surface area (Å²) < 4.78 is 38.9. The molecule has 0 spiro atoms. The van der Waals surface area contributed by atoms with Crippen LogP contribution in [0, 0.1) is 5.92 Å². The summed E-state index contributed by atoms with van der Waals surface area (Å²) in [7, 11) is 0. The quantitative estimate of drug-likeness (QED) is 0.0978. The molecule has 3 amide bonds. The molecule has 0 aromatic heterocycles. The number of fused-ring (bicyclic) bond motifs is 1. The molecule has 286 valence electrons. The van der Waals surface area contributed by atoms with Gasteiger partial charge in [-0.25, -0.2) is 4.79 Å². The summed E-state index contributed by atoms with van der Waals surface area (Å²) in [5, 5.41) is 10.0. The molecule has 15 nitrogen and oxygen atoms in total. The van der Waals surface area contributed by atoms with Crippen LogP contribution in [0.5, 0.6) is 0 Å². The summed E-state index contributed by atoms with van der Waals surface area (Å²) in [4.78, 5) is 60.0. The van der Waals surface area contributed by atoms with Crippen molar-refractivity contribution in [2.75, 3.05) is 51.5 Å². The molecule has 3 N–H and O–H groups in total. The van der Waals surface area contributed by atoms with Crippen molar-refractivity contribution in [2.45, 2.75) is 58.8 Å². The molecule has 3 aromatic rings. The summed E-state index contributed by atoms with van der Waals surface area (Å²) in [5.74, 6) is -2.03. The zero-order valence-electron chi connectivity index (χ0n) is 30.3. The van der Waals surface area contributed by atoms with E-state index in [1.807, 2.05) is 42.5 Å². The van der Waals surface area contributed by atoms with Gasteiger partial charge in [-0.3, -0.25) is 24.5 Å². The Morgan fingerprint density at radius 2 is 1.47 bits per heavy atom. The zero-order valence-corrected chi connectivity index (χ0v) is 30.3. The van der Waals surface area contributed by atoms with Crippen molar-refractivity contribution in [1.29, 1.82) is 0 Å². The number of hydrogen-bond acceptors (Lipinski definition) is 12. The van der Waals surface area contributed by atoms with Gasteiger partial charge in [-0.05, 0) is 40.6 Å². The lowest BCUT2D eigenvalue weighted by atomic mass is 9.88. The van der Waals surface area contributed by atoms with Gasteiger partial charge in [0.1, 0.15) is 25.4 Å². The number of nitrogens with one attached hydrogen (secondary N) is 3. The molecule has 1 heterocycles. The van der Waals surface area contributed by atoms with Gasteiger partial charge in [0.05, 0.1) is 39.1 Å². The van der Waals surface area contributed by atoms with Gasteiger partial charge < -0.3 is 43.8 Å². The number of ether oxygens (including phenoxy) is 7. The van der Waals surface area contributed by atoms with E-state index >= 15 is 0 Å². The van der Waals surface area contributed by atoms with Crippen molar-refractivity contribution in [3.8, 4) is 0 Å². The van der Waals surface area contributed by atoms with Crippen LogP contribution in [-0.4, -0.2) is 101 Å². The van der Waals surface area contributed by atoms with E-state index in [4.69, 9.17) is 33.2 Å². The number of amides is 3. The average molecular weight is 738 g/mol. The van der Waals surface area contributed by atoms with E-state index in [1.165, 1.54) is 20.8 Å². The molecule has 0 aliphatic carbocycles. The third-order valence-corrected chi connectivity index (χ3v) is 8.15. The second-order valence-electron chi connectivity index (χ2n) is 12.3. The SMILES string of the molecule is CC(=O)NC1[C@H](OCCOCCOCCNC(=O)c2ccc3cc(NC(=O)OCc4ccccc4)ccc3c2)OC(COC(C)=O)[C@H](OC(C)=O)[C@@H]1C. The second kappa shape index (κ2) is 20.8. The maximum Gasteiger partial charge on any atom is 0.411 e. The standard InChI is InChI=1S/C38H47N3O12/c1-24-34(40-25(2)42)37(53-33(23-50-26(3)43)35(24)52-27(4)44)49-19-18-48-17-16-47-15-14-39-36(45)31-11-10-30-21-32(13-12-29(30)20-31)41-38(46)51-22-28-8-6-5-7-9-28/h5-13,20-21,24,33-35,37H,14-19,22-23H2,1-4H3,(H,39,45)(H,40,42)(H,41,46)/t24-,33?,34?,35-,37-/m1/s1. The van der Waals surface area contributed by atoms with E-state index < -0.39 is 48.5 Å². The molecule has 0 bridgehead atoms. The van der Waals surface area contributed by atoms with Gasteiger partial charge in [0, 0.05) is 44.5 Å². The molecule has 0 radical (unpaired) electrons. The highest BCUT2D eigenvalue weighted by atomic mass is 16.7. The average Bonchev–Trinajstić information content (AvgIpc) is 3.13. The Morgan fingerprint density at radius 1 is 0.774 bits per heavy atom. The summed E-state index contributed by atoms with van der Waals surface area (Å²) in [6.45, 7) is 7.11. The van der Waals surface area contributed by atoms with Gasteiger partial charge in [0.15, 0.2) is 6.29 Å². The zero-order chi connectivity index (χ0) is 38.2. The molecule has 15 heteroatoms. The Bertz CT molecular complexity index is 1690. The molecule has 1 aliphatic heterocycles. The van der Waals surface area contributed by atoms with Gasteiger partial charge in [0.2, 0.25) is 5.91 Å². The molecule has 3 aromatic carbocycles. The molecule has 2 unspecified atom stereocenters. The molecule has 53 heavy (non-hydrogen) atoms. The van der Waals surface area contributed by atoms with Crippen molar-refractivity contribution in [3.63, 3.8) is 0 Å². The molecule has 1 saturated heterocycles. The number of anilines is 1. The van der Waals surface area contributed by atoms with Crippen LogP contribution >= 0.6 is 0 Å². The highest BCUT2D eigenvalue weighted by molar-refractivity contribution is 5.99.